The molecular formula is C28H36N6O3. The highest BCUT2D eigenvalue weighted by Crippen LogP contribution is 2.33. The first-order valence-electron chi connectivity index (χ1n) is 13.7. The van der Waals surface area contributed by atoms with Crippen LogP contribution >= 0.6 is 0 Å². The number of likely N-dealkylation sites (tertiary alicyclic amines) is 1. The number of aliphatic hydroxyl groups is 1. The Kier molecular flexibility index (Phi) is 6.58. The van der Waals surface area contributed by atoms with E-state index >= 15 is 0 Å². The molecule has 1 aliphatic heterocycles. The summed E-state index contributed by atoms with van der Waals surface area (Å²) < 4.78 is 1.87. The fourth-order valence-corrected chi connectivity index (χ4v) is 6.01. The maximum absolute atomic E-state index is 14.0. The van der Waals surface area contributed by atoms with Gasteiger partial charge in [0.2, 0.25) is 11.9 Å². The number of carbonyl (C=O) groups excluding carboxylic acids is 1. The van der Waals surface area contributed by atoms with Crippen LogP contribution in [0.25, 0.3) is 21.8 Å². The number of aromatic nitrogens is 3. The van der Waals surface area contributed by atoms with E-state index in [2.05, 4.69) is 21.3 Å². The van der Waals surface area contributed by atoms with E-state index in [4.69, 9.17) is 10.7 Å². The van der Waals surface area contributed by atoms with Crippen LogP contribution in [0.1, 0.15) is 63.0 Å². The molecule has 6 rings (SSSR count). The van der Waals surface area contributed by atoms with Crippen molar-refractivity contribution in [3.05, 3.63) is 40.3 Å². The Morgan fingerprint density at radius 2 is 1.78 bits per heavy atom. The largest absolute Gasteiger partial charge is 0.393 e. The molecule has 2 aliphatic carbocycles. The number of nitrogens with zero attached hydrogens (tertiary/aromatic N) is 4. The van der Waals surface area contributed by atoms with Crippen LogP contribution in [0.4, 0.5) is 5.95 Å². The molecule has 3 aliphatic rings. The van der Waals surface area contributed by atoms with Crippen LogP contribution in [-0.2, 0) is 11.3 Å². The molecule has 4 N–H and O–H groups in total. The van der Waals surface area contributed by atoms with Gasteiger partial charge in [-0.25, -0.2) is 4.98 Å². The van der Waals surface area contributed by atoms with Gasteiger partial charge in [0.05, 0.1) is 6.10 Å². The minimum absolute atomic E-state index is 0.00506. The van der Waals surface area contributed by atoms with E-state index < -0.39 is 0 Å². The van der Waals surface area contributed by atoms with Crippen molar-refractivity contribution >= 4 is 33.7 Å². The van der Waals surface area contributed by atoms with Gasteiger partial charge in [-0.05, 0) is 87.4 Å². The number of rotatable bonds is 7. The Labute approximate surface area is 216 Å². The first-order chi connectivity index (χ1) is 18.0. The number of nitrogens with two attached hydrogens (primary N) is 1. The molecule has 3 aromatic rings. The van der Waals surface area contributed by atoms with Gasteiger partial charge in [0.25, 0.3) is 5.56 Å². The monoisotopic (exact) mass is 504 g/mol. The quantitative estimate of drug-likeness (QED) is 0.422. The Morgan fingerprint density at radius 3 is 2.49 bits per heavy atom. The first-order valence-corrected chi connectivity index (χ1v) is 13.7. The molecule has 0 unspecified atom stereocenters. The van der Waals surface area contributed by atoms with E-state index in [0.717, 1.165) is 68.2 Å². The van der Waals surface area contributed by atoms with Crippen molar-refractivity contribution < 1.29 is 9.90 Å². The van der Waals surface area contributed by atoms with Crippen LogP contribution in [0.2, 0.25) is 0 Å². The van der Waals surface area contributed by atoms with Crippen molar-refractivity contribution in [3.63, 3.8) is 0 Å². The summed E-state index contributed by atoms with van der Waals surface area (Å²) in [6.45, 7) is 3.24. The summed E-state index contributed by atoms with van der Waals surface area (Å²) in [6.07, 6.45) is 8.49. The zero-order valence-corrected chi connectivity index (χ0v) is 21.2. The smallest absolute Gasteiger partial charge is 0.260 e. The zero-order valence-electron chi connectivity index (χ0n) is 21.2. The molecule has 3 heterocycles. The third kappa shape index (κ3) is 5.07. The van der Waals surface area contributed by atoms with Crippen molar-refractivity contribution in [3.8, 4) is 0 Å². The number of hydrogen-bond acceptors (Lipinski definition) is 7. The number of aliphatic hydroxyl groups excluding tert-OH is 1. The lowest BCUT2D eigenvalue weighted by Crippen LogP contribution is -2.38. The van der Waals surface area contributed by atoms with Crippen LogP contribution in [0.5, 0.6) is 0 Å². The lowest BCUT2D eigenvalue weighted by atomic mass is 9.92. The SMILES string of the molecule is NC(=O)C1CCN(Cc2ccc3c(c2)c(=O)n(C2CCC(O)CC2)c2nc(NCC4CC4)ncc32)CC1. The number of fused-ring (bicyclic) bond motifs is 3. The fraction of sp³-hybridized carbons (Fsp3) is 0.571. The number of anilines is 1. The molecule has 0 radical (unpaired) electrons. The molecule has 0 spiro atoms. The third-order valence-corrected chi connectivity index (χ3v) is 8.49. The van der Waals surface area contributed by atoms with E-state index in [9.17, 15) is 14.7 Å². The summed E-state index contributed by atoms with van der Waals surface area (Å²) in [5.74, 6) is 1.02. The molecule has 1 amide bonds. The highest BCUT2D eigenvalue weighted by atomic mass is 16.3. The Morgan fingerprint density at radius 1 is 1.03 bits per heavy atom. The van der Waals surface area contributed by atoms with Crippen LogP contribution in [-0.4, -0.2) is 56.2 Å². The maximum Gasteiger partial charge on any atom is 0.260 e. The van der Waals surface area contributed by atoms with Crippen molar-refractivity contribution in [2.75, 3.05) is 25.0 Å². The second kappa shape index (κ2) is 10.0. The van der Waals surface area contributed by atoms with Crippen LogP contribution in [0.15, 0.2) is 29.2 Å². The van der Waals surface area contributed by atoms with Crippen LogP contribution in [0.3, 0.4) is 0 Å². The second-order valence-corrected chi connectivity index (χ2v) is 11.2. The van der Waals surface area contributed by atoms with Gasteiger partial charge in [-0.1, -0.05) is 12.1 Å². The molecule has 9 heteroatoms. The minimum atomic E-state index is -0.297. The van der Waals surface area contributed by atoms with Gasteiger partial charge in [-0.2, -0.15) is 4.98 Å². The van der Waals surface area contributed by atoms with Gasteiger partial charge >= 0.3 is 0 Å². The lowest BCUT2D eigenvalue weighted by Gasteiger charge is -2.30. The third-order valence-electron chi connectivity index (χ3n) is 8.49. The van der Waals surface area contributed by atoms with Crippen molar-refractivity contribution in [2.45, 2.75) is 70.1 Å². The number of amides is 1. The van der Waals surface area contributed by atoms with E-state index in [-0.39, 0.29) is 29.5 Å². The van der Waals surface area contributed by atoms with Gasteiger partial charge in [0, 0.05) is 42.0 Å². The van der Waals surface area contributed by atoms with Crippen LogP contribution in [0, 0.1) is 11.8 Å². The molecule has 3 fully saturated rings. The summed E-state index contributed by atoms with van der Waals surface area (Å²) in [5, 5.41) is 15.9. The number of primary amides is 1. The zero-order chi connectivity index (χ0) is 25.5. The van der Waals surface area contributed by atoms with Gasteiger partial charge in [-0.3, -0.25) is 19.1 Å². The van der Waals surface area contributed by atoms with E-state index in [1.165, 1.54) is 12.8 Å². The van der Waals surface area contributed by atoms with Crippen molar-refractivity contribution in [2.24, 2.45) is 17.6 Å². The van der Waals surface area contributed by atoms with E-state index in [1.54, 1.807) is 0 Å². The average molecular weight is 505 g/mol. The molecule has 37 heavy (non-hydrogen) atoms. The first kappa shape index (κ1) is 24.3. The Hall–Kier alpha value is -3.04. The molecule has 1 saturated heterocycles. The molecule has 2 saturated carbocycles. The minimum Gasteiger partial charge on any atom is -0.393 e. The second-order valence-electron chi connectivity index (χ2n) is 11.2. The molecule has 1 aromatic carbocycles. The van der Waals surface area contributed by atoms with Gasteiger partial charge in [0.15, 0.2) is 0 Å². The number of carbonyl (C=O) groups is 1. The number of nitrogens with one attached hydrogen (secondary N) is 1. The molecular weight excluding hydrogens is 468 g/mol. The predicted molar refractivity (Wildman–Crippen MR) is 143 cm³/mol. The Bertz CT molecular complexity index is 1370. The standard InChI is InChI=1S/C28H36N6O3/c29-25(36)19-9-11-33(12-10-19)16-18-3-8-22-23(13-18)27(37)34(20-4-6-21(35)7-5-20)26-24(22)15-31-28(32-26)30-14-17-1-2-17/h3,8,13,15,17,19-21,35H,1-2,4-7,9-12,14,16H2,(H2,29,36)(H,30,31,32). The van der Waals surface area contributed by atoms with Gasteiger partial charge in [0.1, 0.15) is 5.65 Å². The van der Waals surface area contributed by atoms with Crippen molar-refractivity contribution in [1.82, 2.24) is 19.4 Å². The number of hydrogen-bond donors (Lipinski definition) is 3. The number of benzene rings is 1. The highest BCUT2D eigenvalue weighted by molar-refractivity contribution is 6.04. The maximum atomic E-state index is 14.0. The van der Waals surface area contributed by atoms with E-state index in [0.29, 0.717) is 35.7 Å². The highest BCUT2D eigenvalue weighted by Gasteiger charge is 2.27. The normalized spacial score (nSPS) is 23.5. The van der Waals surface area contributed by atoms with Crippen LogP contribution < -0.4 is 16.6 Å². The fourth-order valence-electron chi connectivity index (χ4n) is 6.01. The summed E-state index contributed by atoms with van der Waals surface area (Å²) in [4.78, 5) is 37.3. The average Bonchev–Trinajstić information content (AvgIpc) is 3.74. The predicted octanol–water partition coefficient (Wildman–Crippen LogP) is 2.94. The molecule has 2 aromatic heterocycles. The van der Waals surface area contributed by atoms with Crippen molar-refractivity contribution in [1.29, 1.82) is 0 Å². The van der Waals surface area contributed by atoms with Gasteiger partial charge in [-0.15, -0.1) is 0 Å². The summed E-state index contributed by atoms with van der Waals surface area (Å²) in [5.41, 5.74) is 7.22. The van der Waals surface area contributed by atoms with E-state index in [1.807, 2.05) is 22.9 Å². The molecule has 0 atom stereocenters. The summed E-state index contributed by atoms with van der Waals surface area (Å²) in [6, 6.07) is 6.14. The topological polar surface area (TPSA) is 126 Å². The molecule has 196 valence electrons. The summed E-state index contributed by atoms with van der Waals surface area (Å²) in [7, 11) is 0. The number of piperidine rings is 1. The summed E-state index contributed by atoms with van der Waals surface area (Å²) >= 11 is 0. The van der Waals surface area contributed by atoms with Gasteiger partial charge < -0.3 is 16.2 Å². The number of pyridine rings is 1. The molecule has 9 nitrogen and oxygen atoms in total. The molecule has 0 bridgehead atoms. The lowest BCUT2D eigenvalue weighted by molar-refractivity contribution is -0.123. The Balaban J connectivity index is 1.37.